The van der Waals surface area contributed by atoms with Crippen molar-refractivity contribution in [2.75, 3.05) is 0 Å². The van der Waals surface area contributed by atoms with Gasteiger partial charge in [-0.1, -0.05) is 60.7 Å². The molecule has 0 saturated carbocycles. The van der Waals surface area contributed by atoms with E-state index in [9.17, 15) is 9.90 Å². The van der Waals surface area contributed by atoms with Gasteiger partial charge in [-0.25, -0.2) is 0 Å². The third-order valence-corrected chi connectivity index (χ3v) is 3.93. The van der Waals surface area contributed by atoms with Crippen molar-refractivity contribution >= 4 is 5.97 Å². The molecule has 1 N–H and O–H groups in total. The zero-order valence-electron chi connectivity index (χ0n) is 13.3. The van der Waals surface area contributed by atoms with Crippen molar-refractivity contribution in [2.24, 2.45) is 0 Å². The lowest BCUT2D eigenvalue weighted by Gasteiger charge is -2.15. The fourth-order valence-corrected chi connectivity index (χ4v) is 2.51. The van der Waals surface area contributed by atoms with Crippen molar-refractivity contribution in [3.63, 3.8) is 0 Å². The lowest BCUT2D eigenvalue weighted by molar-refractivity contribution is -0.138. The number of carboxylic acids is 1. The van der Waals surface area contributed by atoms with Crippen LogP contribution in [0.1, 0.15) is 18.4 Å². The van der Waals surface area contributed by atoms with Gasteiger partial charge in [0.05, 0.1) is 5.92 Å². The van der Waals surface area contributed by atoms with Gasteiger partial charge in [0.25, 0.3) is 0 Å². The second-order valence-corrected chi connectivity index (χ2v) is 5.60. The molecule has 120 valence electrons. The second kappa shape index (κ2) is 7.01. The van der Waals surface area contributed by atoms with Gasteiger partial charge in [0.1, 0.15) is 11.5 Å². The van der Waals surface area contributed by atoms with Crippen molar-refractivity contribution in [2.45, 2.75) is 12.8 Å². The molecule has 1 atom stereocenters. The Balaban J connectivity index is 2.06. The van der Waals surface area contributed by atoms with Gasteiger partial charge in [0.2, 0.25) is 0 Å². The van der Waals surface area contributed by atoms with Crippen molar-refractivity contribution in [3.05, 3.63) is 84.4 Å². The molecule has 3 aromatic carbocycles. The molecule has 0 amide bonds. The van der Waals surface area contributed by atoms with Gasteiger partial charge in [-0.2, -0.15) is 0 Å². The van der Waals surface area contributed by atoms with Crippen LogP contribution in [0.3, 0.4) is 0 Å². The molecule has 3 aromatic rings. The number of aliphatic carboxylic acids is 1. The zero-order valence-corrected chi connectivity index (χ0v) is 13.3. The maximum absolute atomic E-state index is 11.3. The molecule has 0 radical (unpaired) electrons. The molecule has 0 bridgehead atoms. The first-order valence-electron chi connectivity index (χ1n) is 7.80. The van der Waals surface area contributed by atoms with E-state index in [1.54, 1.807) is 6.92 Å². The Morgan fingerprint density at radius 2 is 1.54 bits per heavy atom. The quantitative estimate of drug-likeness (QED) is 0.691. The summed E-state index contributed by atoms with van der Waals surface area (Å²) in [5.74, 6) is -0.0751. The summed E-state index contributed by atoms with van der Waals surface area (Å²) in [5, 5.41) is 9.26. The first-order chi connectivity index (χ1) is 11.6. The standard InChI is InChI=1S/C21H18O3/c1-15(21(22)23)17-12-13-19(16-8-4-2-5-9-16)20(14-17)24-18-10-6-3-7-11-18/h2-15H,1H3,(H,22,23). The summed E-state index contributed by atoms with van der Waals surface area (Å²) in [7, 11) is 0. The molecule has 3 heteroatoms. The Hall–Kier alpha value is -3.07. The normalized spacial score (nSPS) is 11.7. The number of carbonyl (C=O) groups is 1. The molecule has 1 unspecified atom stereocenters. The third kappa shape index (κ3) is 3.46. The fourth-order valence-electron chi connectivity index (χ4n) is 2.51. The maximum Gasteiger partial charge on any atom is 0.310 e. The first kappa shape index (κ1) is 15.8. The summed E-state index contributed by atoms with van der Waals surface area (Å²) in [5.41, 5.74) is 2.67. The first-order valence-corrected chi connectivity index (χ1v) is 7.80. The number of benzene rings is 3. The molecule has 0 heterocycles. The largest absolute Gasteiger partial charge is 0.481 e. The van der Waals surface area contributed by atoms with Crippen LogP contribution in [0.2, 0.25) is 0 Å². The summed E-state index contributed by atoms with van der Waals surface area (Å²) in [6, 6.07) is 25.0. The minimum Gasteiger partial charge on any atom is -0.481 e. The predicted molar refractivity (Wildman–Crippen MR) is 94.4 cm³/mol. The number of para-hydroxylation sites is 1. The van der Waals surface area contributed by atoms with Crippen LogP contribution in [-0.2, 0) is 4.79 Å². The van der Waals surface area contributed by atoms with Gasteiger partial charge in [0.15, 0.2) is 0 Å². The monoisotopic (exact) mass is 318 g/mol. The second-order valence-electron chi connectivity index (χ2n) is 5.60. The molecular formula is C21H18O3. The summed E-state index contributed by atoms with van der Waals surface area (Å²) in [6.45, 7) is 1.67. The van der Waals surface area contributed by atoms with Crippen LogP contribution < -0.4 is 4.74 Å². The van der Waals surface area contributed by atoms with E-state index < -0.39 is 11.9 Å². The summed E-state index contributed by atoms with van der Waals surface area (Å²) in [4.78, 5) is 11.3. The van der Waals surface area contributed by atoms with Crippen LogP contribution in [0.25, 0.3) is 11.1 Å². The van der Waals surface area contributed by atoms with E-state index in [2.05, 4.69) is 0 Å². The molecule has 0 aliphatic rings. The molecule has 24 heavy (non-hydrogen) atoms. The molecule has 0 aliphatic heterocycles. The average molecular weight is 318 g/mol. The zero-order chi connectivity index (χ0) is 16.9. The van der Waals surface area contributed by atoms with Gasteiger partial charge in [-0.3, -0.25) is 4.79 Å². The summed E-state index contributed by atoms with van der Waals surface area (Å²) >= 11 is 0. The number of rotatable bonds is 5. The van der Waals surface area contributed by atoms with Crippen LogP contribution in [-0.4, -0.2) is 11.1 Å². The number of ether oxygens (including phenoxy) is 1. The van der Waals surface area contributed by atoms with Crippen molar-refractivity contribution in [3.8, 4) is 22.6 Å². The van der Waals surface area contributed by atoms with Gasteiger partial charge < -0.3 is 9.84 Å². The van der Waals surface area contributed by atoms with Gasteiger partial charge >= 0.3 is 5.97 Å². The highest BCUT2D eigenvalue weighted by Crippen LogP contribution is 2.35. The lowest BCUT2D eigenvalue weighted by atomic mass is 9.96. The van der Waals surface area contributed by atoms with Crippen molar-refractivity contribution in [1.82, 2.24) is 0 Å². The molecule has 0 spiro atoms. The Bertz CT molecular complexity index is 826. The SMILES string of the molecule is CC(C(=O)O)c1ccc(-c2ccccc2)c(Oc2ccccc2)c1. The van der Waals surface area contributed by atoms with E-state index in [4.69, 9.17) is 4.74 Å². The highest BCUT2D eigenvalue weighted by molar-refractivity contribution is 5.78. The number of hydrogen-bond donors (Lipinski definition) is 1. The highest BCUT2D eigenvalue weighted by atomic mass is 16.5. The maximum atomic E-state index is 11.3. The molecule has 0 aliphatic carbocycles. The van der Waals surface area contributed by atoms with E-state index in [1.807, 2.05) is 78.9 Å². The number of carboxylic acid groups (broad SMARTS) is 1. The van der Waals surface area contributed by atoms with Crippen LogP contribution >= 0.6 is 0 Å². The molecule has 0 saturated heterocycles. The van der Waals surface area contributed by atoms with Crippen LogP contribution in [0.4, 0.5) is 0 Å². The molecule has 3 nitrogen and oxygen atoms in total. The molecule has 3 rings (SSSR count). The van der Waals surface area contributed by atoms with Crippen LogP contribution in [0.5, 0.6) is 11.5 Å². The molecule has 0 fully saturated rings. The van der Waals surface area contributed by atoms with E-state index >= 15 is 0 Å². The Kier molecular flexibility index (Phi) is 4.62. The van der Waals surface area contributed by atoms with Crippen molar-refractivity contribution < 1.29 is 14.6 Å². The van der Waals surface area contributed by atoms with E-state index in [1.165, 1.54) is 0 Å². The average Bonchev–Trinajstić information content (AvgIpc) is 2.62. The Morgan fingerprint density at radius 3 is 2.17 bits per heavy atom. The van der Waals surface area contributed by atoms with Gasteiger partial charge in [-0.15, -0.1) is 0 Å². The molecule has 0 aromatic heterocycles. The van der Waals surface area contributed by atoms with Crippen LogP contribution in [0, 0.1) is 0 Å². The van der Waals surface area contributed by atoms with Gasteiger partial charge in [-0.05, 0) is 36.2 Å². The summed E-state index contributed by atoms with van der Waals surface area (Å²) < 4.78 is 6.04. The van der Waals surface area contributed by atoms with Crippen molar-refractivity contribution in [1.29, 1.82) is 0 Å². The summed E-state index contributed by atoms with van der Waals surface area (Å²) in [6.07, 6.45) is 0. The predicted octanol–water partition coefficient (Wildman–Crippen LogP) is 5.33. The fraction of sp³-hybridized carbons (Fsp3) is 0.0952. The van der Waals surface area contributed by atoms with Gasteiger partial charge in [0, 0.05) is 5.56 Å². The highest BCUT2D eigenvalue weighted by Gasteiger charge is 2.17. The Labute approximate surface area is 141 Å². The number of hydrogen-bond acceptors (Lipinski definition) is 2. The van der Waals surface area contributed by atoms with E-state index in [0.717, 1.165) is 16.9 Å². The Morgan fingerprint density at radius 1 is 0.917 bits per heavy atom. The van der Waals surface area contributed by atoms with Crippen LogP contribution in [0.15, 0.2) is 78.9 Å². The molecular weight excluding hydrogens is 300 g/mol. The minimum absolute atomic E-state index is 0.590. The lowest BCUT2D eigenvalue weighted by Crippen LogP contribution is -2.07. The topological polar surface area (TPSA) is 46.5 Å². The smallest absolute Gasteiger partial charge is 0.310 e. The van der Waals surface area contributed by atoms with E-state index in [-0.39, 0.29) is 0 Å². The minimum atomic E-state index is -0.854. The van der Waals surface area contributed by atoms with E-state index in [0.29, 0.717) is 11.3 Å². The third-order valence-electron chi connectivity index (χ3n) is 3.93.